The number of nitrogens with zero attached hydrogens (tertiary/aromatic N) is 3. The van der Waals surface area contributed by atoms with Gasteiger partial charge in [0.15, 0.2) is 11.5 Å². The van der Waals surface area contributed by atoms with Crippen LogP contribution < -0.4 is 18.9 Å². The lowest BCUT2D eigenvalue weighted by Crippen LogP contribution is -2.45. The summed E-state index contributed by atoms with van der Waals surface area (Å²) in [6.45, 7) is 11.4. The molecule has 2 heterocycles. The fraction of sp³-hybridized carbons (Fsp3) is 0.474. The van der Waals surface area contributed by atoms with Crippen LogP contribution in [-0.4, -0.2) is 94.2 Å². The van der Waals surface area contributed by atoms with Crippen LogP contribution in [0, 0.1) is 0 Å². The van der Waals surface area contributed by atoms with Crippen LogP contribution in [0.4, 0.5) is 0 Å². The van der Waals surface area contributed by atoms with Crippen LogP contribution in [0.5, 0.6) is 23.0 Å². The maximum absolute atomic E-state index is 13.9. The fourth-order valence-corrected chi connectivity index (χ4v) is 6.78. The van der Waals surface area contributed by atoms with Gasteiger partial charge in [0.2, 0.25) is 0 Å². The zero-order valence-electron chi connectivity index (χ0n) is 29.0. The van der Waals surface area contributed by atoms with Crippen LogP contribution in [-0.2, 0) is 11.3 Å². The van der Waals surface area contributed by atoms with Crippen molar-refractivity contribution in [2.75, 3.05) is 54.7 Å². The number of hydrogen-bond donors (Lipinski definition) is 0. The third-order valence-corrected chi connectivity index (χ3v) is 9.07. The van der Waals surface area contributed by atoms with Gasteiger partial charge < -0.3 is 33.5 Å². The maximum Gasteiger partial charge on any atom is 0.254 e. The molecular weight excluding hydrogens is 594 g/mol. The minimum Gasteiger partial charge on any atom is -0.497 e. The molecular formula is C38H49N3O6. The number of ether oxygens (including phenoxy) is 5. The van der Waals surface area contributed by atoms with Gasteiger partial charge in [-0.05, 0) is 95.2 Å². The molecule has 0 unspecified atom stereocenters. The van der Waals surface area contributed by atoms with E-state index in [1.807, 2.05) is 75.1 Å². The topological polar surface area (TPSA) is 82.1 Å². The zero-order chi connectivity index (χ0) is 33.7. The molecule has 1 saturated heterocycles. The average molecular weight is 644 g/mol. The quantitative estimate of drug-likeness (QED) is 0.219. The van der Waals surface area contributed by atoms with E-state index in [4.69, 9.17) is 28.7 Å². The molecule has 0 spiro atoms. The number of rotatable bonds is 13. The number of hydrogen-bond acceptors (Lipinski definition) is 8. The van der Waals surface area contributed by atoms with E-state index in [1.54, 1.807) is 21.3 Å². The number of likely N-dealkylation sites (N-methyl/N-ethyl adjacent to an activating group) is 1. The number of aliphatic imine (C=N–C) groups is 1. The first-order valence-corrected chi connectivity index (χ1v) is 16.5. The molecule has 0 aromatic heterocycles. The molecule has 0 aliphatic carbocycles. The number of carbonyl (C=O) groups is 1. The molecule has 2 aliphatic heterocycles. The molecule has 1 fully saturated rings. The monoisotopic (exact) mass is 643 g/mol. The van der Waals surface area contributed by atoms with Crippen molar-refractivity contribution in [1.82, 2.24) is 9.80 Å². The second-order valence-corrected chi connectivity index (χ2v) is 12.7. The van der Waals surface area contributed by atoms with E-state index in [0.717, 1.165) is 47.7 Å². The lowest BCUT2D eigenvalue weighted by atomic mass is 9.79. The highest BCUT2D eigenvalue weighted by atomic mass is 16.5. The van der Waals surface area contributed by atoms with E-state index in [-0.39, 0.29) is 30.0 Å². The molecule has 1 amide bonds. The molecule has 9 heteroatoms. The Labute approximate surface area is 279 Å². The summed E-state index contributed by atoms with van der Waals surface area (Å²) >= 11 is 0. The van der Waals surface area contributed by atoms with Crippen molar-refractivity contribution in [3.8, 4) is 23.0 Å². The summed E-state index contributed by atoms with van der Waals surface area (Å²) in [5.74, 6) is 3.13. The third-order valence-electron chi connectivity index (χ3n) is 9.07. The summed E-state index contributed by atoms with van der Waals surface area (Å²) < 4.78 is 28.6. The first-order valence-electron chi connectivity index (χ1n) is 16.5. The Balaban J connectivity index is 1.35. The highest BCUT2D eigenvalue weighted by molar-refractivity contribution is 6.15. The fourth-order valence-electron chi connectivity index (χ4n) is 6.78. The minimum atomic E-state index is -0.141. The van der Waals surface area contributed by atoms with E-state index in [2.05, 4.69) is 24.1 Å². The Morgan fingerprint density at radius 3 is 2.28 bits per heavy atom. The molecule has 0 bridgehead atoms. The number of piperidine rings is 1. The molecule has 5 rings (SSSR count). The number of carbonyl (C=O) groups excluding carboxylic acids is 1. The van der Waals surface area contributed by atoms with Crippen molar-refractivity contribution < 1.29 is 28.5 Å². The number of likely N-dealkylation sites (tertiary alicyclic amines) is 1. The highest BCUT2D eigenvalue weighted by Crippen LogP contribution is 2.42. The van der Waals surface area contributed by atoms with E-state index in [1.165, 1.54) is 5.56 Å². The van der Waals surface area contributed by atoms with Gasteiger partial charge in [-0.2, -0.15) is 0 Å². The lowest BCUT2D eigenvalue weighted by Gasteiger charge is -2.39. The molecule has 3 atom stereocenters. The highest BCUT2D eigenvalue weighted by Gasteiger charge is 2.36. The Hall–Kier alpha value is -4.08. The van der Waals surface area contributed by atoms with Crippen molar-refractivity contribution in [3.63, 3.8) is 0 Å². The van der Waals surface area contributed by atoms with Crippen LogP contribution in [0.3, 0.4) is 0 Å². The summed E-state index contributed by atoms with van der Waals surface area (Å²) in [7, 11) is 7.09. The summed E-state index contributed by atoms with van der Waals surface area (Å²) in [4.78, 5) is 23.5. The minimum absolute atomic E-state index is 0.0133. The summed E-state index contributed by atoms with van der Waals surface area (Å²) in [5.41, 5.74) is 5.78. The van der Waals surface area contributed by atoms with E-state index < -0.39 is 0 Å². The van der Waals surface area contributed by atoms with Crippen molar-refractivity contribution in [2.24, 2.45) is 4.99 Å². The van der Waals surface area contributed by atoms with Gasteiger partial charge in [0, 0.05) is 41.3 Å². The van der Waals surface area contributed by atoms with E-state index in [9.17, 15) is 4.79 Å². The Bertz CT molecular complexity index is 1550. The normalized spacial score (nSPS) is 18.1. The second-order valence-electron chi connectivity index (χ2n) is 12.7. The number of amides is 1. The van der Waals surface area contributed by atoms with Crippen molar-refractivity contribution in [3.05, 3.63) is 82.4 Å². The molecule has 0 saturated carbocycles. The summed E-state index contributed by atoms with van der Waals surface area (Å²) in [6, 6.07) is 17.8. The average Bonchev–Trinajstić information content (AvgIpc) is 3.07. The van der Waals surface area contributed by atoms with Gasteiger partial charge in [-0.1, -0.05) is 12.1 Å². The largest absolute Gasteiger partial charge is 0.497 e. The van der Waals surface area contributed by atoms with E-state index in [0.29, 0.717) is 42.6 Å². The van der Waals surface area contributed by atoms with Gasteiger partial charge >= 0.3 is 0 Å². The van der Waals surface area contributed by atoms with Gasteiger partial charge in [-0.3, -0.25) is 9.79 Å². The van der Waals surface area contributed by atoms with Crippen molar-refractivity contribution in [1.29, 1.82) is 0 Å². The predicted octanol–water partition coefficient (Wildman–Crippen LogP) is 6.21. The van der Waals surface area contributed by atoms with Gasteiger partial charge in [0.1, 0.15) is 11.5 Å². The van der Waals surface area contributed by atoms with Crippen LogP contribution in [0.25, 0.3) is 0 Å². The standard InChI is InChI=1S/C38H49N3O6/c1-9-47-36-19-31-32(20-35(36)45-8)37(39-34-14-15-40(5)21-33(31)34)27-10-12-28(13-11-27)38(42)41(24(2)3)25(4)22-46-23-26-16-29(43-6)18-30(17-26)44-7/h10-13,16-20,24-25,33-34H,9,14-15,21-23H2,1-8H3/t25-,33+,34+/m0/s1. The first kappa shape index (κ1) is 34.3. The maximum atomic E-state index is 13.9. The first-order chi connectivity index (χ1) is 22.7. The summed E-state index contributed by atoms with van der Waals surface area (Å²) in [5, 5.41) is 0. The number of methoxy groups -OCH3 is 3. The second kappa shape index (κ2) is 15.2. The van der Waals surface area contributed by atoms with Crippen molar-refractivity contribution >= 4 is 11.6 Å². The molecule has 0 N–H and O–H groups in total. The SMILES string of the molecule is CCOc1cc2c(cc1OC)C(c1ccc(C(=O)N(C(C)C)[C@@H](C)COCc3cc(OC)cc(OC)c3)cc1)=N[C@@H]1CCN(C)C[C@H]21. The Morgan fingerprint density at radius 1 is 0.957 bits per heavy atom. The molecule has 252 valence electrons. The van der Waals surface area contributed by atoms with Crippen molar-refractivity contribution in [2.45, 2.75) is 64.8 Å². The van der Waals surface area contributed by atoms with Gasteiger partial charge in [-0.25, -0.2) is 0 Å². The van der Waals surface area contributed by atoms with E-state index >= 15 is 0 Å². The molecule has 9 nitrogen and oxygen atoms in total. The number of fused-ring (bicyclic) bond motifs is 3. The van der Waals surface area contributed by atoms with Gasteiger partial charge in [-0.15, -0.1) is 0 Å². The van der Waals surface area contributed by atoms with Crippen LogP contribution >= 0.6 is 0 Å². The van der Waals surface area contributed by atoms with Gasteiger partial charge in [0.25, 0.3) is 5.91 Å². The molecule has 0 radical (unpaired) electrons. The number of benzene rings is 3. The summed E-state index contributed by atoms with van der Waals surface area (Å²) in [6.07, 6.45) is 0.991. The molecule has 47 heavy (non-hydrogen) atoms. The Morgan fingerprint density at radius 2 is 1.66 bits per heavy atom. The lowest BCUT2D eigenvalue weighted by molar-refractivity contribution is 0.0339. The Kier molecular flexibility index (Phi) is 11.1. The zero-order valence-corrected chi connectivity index (χ0v) is 29.0. The predicted molar refractivity (Wildman–Crippen MR) is 185 cm³/mol. The third kappa shape index (κ3) is 7.57. The van der Waals surface area contributed by atoms with Crippen LogP contribution in [0.2, 0.25) is 0 Å². The van der Waals surface area contributed by atoms with Crippen LogP contribution in [0.1, 0.15) is 72.6 Å². The van der Waals surface area contributed by atoms with Gasteiger partial charge in [0.05, 0.1) is 58.9 Å². The molecule has 2 aliphatic rings. The molecule has 3 aromatic carbocycles. The molecule has 3 aromatic rings. The van der Waals surface area contributed by atoms with Crippen LogP contribution in [0.15, 0.2) is 59.6 Å². The smallest absolute Gasteiger partial charge is 0.254 e.